The Balaban J connectivity index is 1.68. The second-order valence-corrected chi connectivity index (χ2v) is 5.04. The molecule has 2 heteroatoms. The molecule has 1 N–H and O–H groups in total. The lowest BCUT2D eigenvalue weighted by Crippen LogP contribution is -2.22. The molecular formula is C15H24N2. The van der Waals surface area contributed by atoms with Crippen molar-refractivity contribution in [1.29, 1.82) is 0 Å². The molecule has 0 fully saturated rings. The van der Waals surface area contributed by atoms with Crippen LogP contribution in [0.3, 0.4) is 0 Å². The van der Waals surface area contributed by atoms with Gasteiger partial charge in [0.05, 0.1) is 0 Å². The van der Waals surface area contributed by atoms with Crippen LogP contribution in [0.25, 0.3) is 0 Å². The second-order valence-electron chi connectivity index (χ2n) is 5.04. The molecule has 2 rings (SSSR count). The summed E-state index contributed by atoms with van der Waals surface area (Å²) in [7, 11) is 0. The summed E-state index contributed by atoms with van der Waals surface area (Å²) in [6.07, 6.45) is 14.1. The molecule has 1 unspecified atom stereocenters. The van der Waals surface area contributed by atoms with Crippen molar-refractivity contribution in [3.63, 3.8) is 0 Å². The predicted molar refractivity (Wildman–Crippen MR) is 72.9 cm³/mol. The highest BCUT2D eigenvalue weighted by molar-refractivity contribution is 5.09. The molecule has 0 saturated heterocycles. The number of nitrogens with one attached hydrogen (secondary N) is 1. The van der Waals surface area contributed by atoms with Crippen LogP contribution in [0.4, 0.5) is 0 Å². The first kappa shape index (κ1) is 12.4. The van der Waals surface area contributed by atoms with Gasteiger partial charge in [0.1, 0.15) is 0 Å². The summed E-state index contributed by atoms with van der Waals surface area (Å²) in [5, 5.41) is 3.58. The molecular weight excluding hydrogens is 208 g/mol. The van der Waals surface area contributed by atoms with Crippen molar-refractivity contribution in [2.24, 2.45) is 5.92 Å². The highest BCUT2D eigenvalue weighted by Crippen LogP contribution is 2.17. The molecule has 0 aromatic carbocycles. The Morgan fingerprint density at radius 3 is 3.12 bits per heavy atom. The van der Waals surface area contributed by atoms with Crippen molar-refractivity contribution in [2.45, 2.75) is 45.7 Å². The third-order valence-electron chi connectivity index (χ3n) is 3.43. The maximum absolute atomic E-state index is 3.58. The first-order chi connectivity index (χ1) is 8.38. The van der Waals surface area contributed by atoms with Crippen molar-refractivity contribution in [3.8, 4) is 0 Å². The Labute approximate surface area is 105 Å². The molecule has 1 aliphatic carbocycles. The van der Waals surface area contributed by atoms with Crippen LogP contribution in [0.1, 0.15) is 38.2 Å². The SMILES string of the molecule is CCCn1ccc(CNCC2CC=CCC2)c1. The average molecular weight is 232 g/mol. The minimum atomic E-state index is 0.845. The lowest BCUT2D eigenvalue weighted by Gasteiger charge is -2.17. The number of nitrogens with zero attached hydrogens (tertiary/aromatic N) is 1. The first-order valence-corrected chi connectivity index (χ1v) is 6.89. The van der Waals surface area contributed by atoms with Crippen LogP contribution in [-0.2, 0) is 13.1 Å². The molecule has 1 aromatic heterocycles. The fraction of sp³-hybridized carbons (Fsp3) is 0.600. The zero-order valence-corrected chi connectivity index (χ0v) is 10.9. The van der Waals surface area contributed by atoms with Crippen LogP contribution in [0.15, 0.2) is 30.6 Å². The van der Waals surface area contributed by atoms with Gasteiger partial charge in [-0.15, -0.1) is 0 Å². The van der Waals surface area contributed by atoms with Gasteiger partial charge in [0.25, 0.3) is 0 Å². The number of hydrogen-bond acceptors (Lipinski definition) is 1. The fourth-order valence-electron chi connectivity index (χ4n) is 2.45. The second kappa shape index (κ2) is 6.65. The summed E-state index contributed by atoms with van der Waals surface area (Å²) >= 11 is 0. The Morgan fingerprint density at radius 2 is 2.35 bits per heavy atom. The van der Waals surface area contributed by atoms with Crippen molar-refractivity contribution in [3.05, 3.63) is 36.2 Å². The maximum atomic E-state index is 3.58. The maximum Gasteiger partial charge on any atom is 0.0220 e. The Kier molecular flexibility index (Phi) is 4.87. The summed E-state index contributed by atoms with van der Waals surface area (Å²) in [5.74, 6) is 0.845. The van der Waals surface area contributed by atoms with Gasteiger partial charge >= 0.3 is 0 Å². The quantitative estimate of drug-likeness (QED) is 0.744. The summed E-state index contributed by atoms with van der Waals surface area (Å²) in [5.41, 5.74) is 1.41. The van der Waals surface area contributed by atoms with Gasteiger partial charge in [-0.1, -0.05) is 19.1 Å². The van der Waals surface area contributed by atoms with Gasteiger partial charge in [0, 0.05) is 25.5 Å². The number of allylic oxidation sites excluding steroid dienone is 2. The molecule has 0 radical (unpaired) electrons. The summed E-state index contributed by atoms with van der Waals surface area (Å²) in [4.78, 5) is 0. The monoisotopic (exact) mass is 232 g/mol. The van der Waals surface area contributed by atoms with E-state index in [-0.39, 0.29) is 0 Å². The molecule has 1 aliphatic rings. The van der Waals surface area contributed by atoms with E-state index in [1.165, 1.54) is 31.2 Å². The first-order valence-electron chi connectivity index (χ1n) is 6.89. The lowest BCUT2D eigenvalue weighted by atomic mass is 9.94. The third kappa shape index (κ3) is 4.04. The Hall–Kier alpha value is -1.02. The van der Waals surface area contributed by atoms with E-state index in [2.05, 4.69) is 47.4 Å². The van der Waals surface area contributed by atoms with Gasteiger partial charge in [-0.2, -0.15) is 0 Å². The van der Waals surface area contributed by atoms with E-state index in [1.807, 2.05) is 0 Å². The van der Waals surface area contributed by atoms with Gasteiger partial charge in [-0.3, -0.25) is 0 Å². The molecule has 1 atom stereocenters. The smallest absolute Gasteiger partial charge is 0.0220 e. The number of rotatable bonds is 6. The summed E-state index contributed by atoms with van der Waals surface area (Å²) < 4.78 is 2.28. The molecule has 0 bridgehead atoms. The van der Waals surface area contributed by atoms with Crippen molar-refractivity contribution in [1.82, 2.24) is 9.88 Å². The molecule has 0 saturated carbocycles. The highest BCUT2D eigenvalue weighted by atomic mass is 14.9. The van der Waals surface area contributed by atoms with E-state index < -0.39 is 0 Å². The van der Waals surface area contributed by atoms with E-state index in [0.717, 1.165) is 25.6 Å². The minimum absolute atomic E-state index is 0.845. The van der Waals surface area contributed by atoms with E-state index in [0.29, 0.717) is 0 Å². The average Bonchev–Trinajstić information content (AvgIpc) is 2.79. The normalized spacial score (nSPS) is 19.7. The lowest BCUT2D eigenvalue weighted by molar-refractivity contribution is 0.440. The van der Waals surface area contributed by atoms with E-state index in [9.17, 15) is 0 Å². The molecule has 1 aromatic rings. The predicted octanol–water partition coefficient (Wildman–Crippen LogP) is 3.34. The van der Waals surface area contributed by atoms with Gasteiger partial charge in [-0.25, -0.2) is 0 Å². The van der Waals surface area contributed by atoms with E-state index in [4.69, 9.17) is 0 Å². The van der Waals surface area contributed by atoms with Crippen LogP contribution in [0, 0.1) is 5.92 Å². The number of aromatic nitrogens is 1. The standard InChI is InChI=1S/C15H24N2/c1-2-9-17-10-8-15(13-17)12-16-11-14-6-4-3-5-7-14/h3-4,8,10,13-14,16H,2,5-7,9,11-12H2,1H3. The largest absolute Gasteiger partial charge is 0.354 e. The van der Waals surface area contributed by atoms with E-state index in [1.54, 1.807) is 0 Å². The summed E-state index contributed by atoms with van der Waals surface area (Å²) in [6, 6.07) is 2.23. The van der Waals surface area contributed by atoms with Crippen LogP contribution < -0.4 is 5.32 Å². The van der Waals surface area contributed by atoms with Crippen LogP contribution in [0.2, 0.25) is 0 Å². The van der Waals surface area contributed by atoms with Crippen molar-refractivity contribution >= 4 is 0 Å². The van der Waals surface area contributed by atoms with Crippen molar-refractivity contribution in [2.75, 3.05) is 6.54 Å². The number of hydrogen-bond donors (Lipinski definition) is 1. The fourth-order valence-corrected chi connectivity index (χ4v) is 2.45. The van der Waals surface area contributed by atoms with Crippen LogP contribution in [0.5, 0.6) is 0 Å². The zero-order chi connectivity index (χ0) is 11.9. The van der Waals surface area contributed by atoms with Crippen molar-refractivity contribution < 1.29 is 0 Å². The Bertz CT molecular complexity index is 352. The third-order valence-corrected chi connectivity index (χ3v) is 3.43. The van der Waals surface area contributed by atoms with Gasteiger partial charge in [0.2, 0.25) is 0 Å². The molecule has 94 valence electrons. The zero-order valence-electron chi connectivity index (χ0n) is 10.9. The van der Waals surface area contributed by atoms with Crippen LogP contribution >= 0.6 is 0 Å². The van der Waals surface area contributed by atoms with Gasteiger partial charge in [-0.05, 0) is 49.8 Å². The summed E-state index contributed by atoms with van der Waals surface area (Å²) in [6.45, 7) is 5.52. The molecule has 2 nitrogen and oxygen atoms in total. The van der Waals surface area contributed by atoms with Gasteiger partial charge in [0.15, 0.2) is 0 Å². The van der Waals surface area contributed by atoms with Crippen LogP contribution in [-0.4, -0.2) is 11.1 Å². The molecule has 0 aliphatic heterocycles. The highest BCUT2D eigenvalue weighted by Gasteiger charge is 2.08. The number of aryl methyl sites for hydroxylation is 1. The molecule has 0 amide bonds. The van der Waals surface area contributed by atoms with E-state index >= 15 is 0 Å². The minimum Gasteiger partial charge on any atom is -0.354 e. The molecule has 1 heterocycles. The topological polar surface area (TPSA) is 17.0 Å². The van der Waals surface area contributed by atoms with Gasteiger partial charge < -0.3 is 9.88 Å². The molecule has 0 spiro atoms. The Morgan fingerprint density at radius 1 is 1.41 bits per heavy atom. The molecule has 17 heavy (non-hydrogen) atoms.